The number of hydrogen-bond donors (Lipinski definition) is 0. The van der Waals surface area contributed by atoms with E-state index in [0.29, 0.717) is 52.9 Å². The monoisotopic (exact) mass is 424 g/mol. The Hall–Kier alpha value is -3.29. The molecule has 4 rings (SSSR count). The van der Waals surface area contributed by atoms with Crippen LogP contribution in [0.3, 0.4) is 0 Å². The molecule has 0 saturated carbocycles. The van der Waals surface area contributed by atoms with Crippen LogP contribution in [0.1, 0.15) is 34.2 Å². The minimum absolute atomic E-state index is 0.233. The molecule has 31 heavy (non-hydrogen) atoms. The van der Waals surface area contributed by atoms with Gasteiger partial charge in [-0.1, -0.05) is 0 Å². The maximum Gasteiger partial charge on any atom is 0.196 e. The SMILES string of the molecule is COc1ccc(-c2ccco2)cc1C(=O)c1cc(OC)c(OC)c(C2OCCCO2)c1. The summed E-state index contributed by atoms with van der Waals surface area (Å²) in [5, 5.41) is 0. The van der Waals surface area contributed by atoms with Crippen molar-refractivity contribution < 1.29 is 32.9 Å². The molecule has 1 aliphatic heterocycles. The first-order chi connectivity index (χ1) is 15.2. The summed E-state index contributed by atoms with van der Waals surface area (Å²) in [5.74, 6) is 1.78. The molecule has 0 N–H and O–H groups in total. The van der Waals surface area contributed by atoms with Crippen LogP contribution in [0.5, 0.6) is 17.2 Å². The molecule has 162 valence electrons. The van der Waals surface area contributed by atoms with Crippen molar-refractivity contribution in [1.82, 2.24) is 0 Å². The highest BCUT2D eigenvalue weighted by molar-refractivity contribution is 6.11. The van der Waals surface area contributed by atoms with Crippen molar-refractivity contribution in [3.05, 3.63) is 65.4 Å². The Morgan fingerprint density at radius 1 is 0.935 bits per heavy atom. The van der Waals surface area contributed by atoms with E-state index in [-0.39, 0.29) is 5.78 Å². The van der Waals surface area contributed by atoms with E-state index < -0.39 is 6.29 Å². The Labute approximate surface area is 180 Å². The highest BCUT2D eigenvalue weighted by Crippen LogP contribution is 2.40. The Morgan fingerprint density at radius 3 is 2.35 bits per heavy atom. The van der Waals surface area contributed by atoms with Gasteiger partial charge in [0.2, 0.25) is 0 Å². The molecule has 1 saturated heterocycles. The number of rotatable bonds is 7. The van der Waals surface area contributed by atoms with Crippen LogP contribution < -0.4 is 14.2 Å². The quantitative estimate of drug-likeness (QED) is 0.512. The van der Waals surface area contributed by atoms with Gasteiger partial charge in [-0.2, -0.15) is 0 Å². The third-order valence-electron chi connectivity index (χ3n) is 5.10. The standard InChI is InChI=1S/C24H24O7/c1-26-20-8-7-15(19-6-4-9-29-19)12-17(20)22(25)16-13-18(24-30-10-5-11-31-24)23(28-3)21(14-16)27-2/h4,6-9,12-14,24H,5,10-11H2,1-3H3. The van der Waals surface area contributed by atoms with E-state index in [2.05, 4.69) is 0 Å². The van der Waals surface area contributed by atoms with Crippen LogP contribution in [0.2, 0.25) is 0 Å². The van der Waals surface area contributed by atoms with Crippen LogP contribution in [-0.2, 0) is 9.47 Å². The van der Waals surface area contributed by atoms with Gasteiger partial charge < -0.3 is 28.1 Å². The third-order valence-corrected chi connectivity index (χ3v) is 5.10. The number of ether oxygens (including phenoxy) is 5. The van der Waals surface area contributed by atoms with Crippen molar-refractivity contribution in [3.8, 4) is 28.6 Å². The van der Waals surface area contributed by atoms with Crippen LogP contribution >= 0.6 is 0 Å². The number of carbonyl (C=O) groups is 1. The average Bonchev–Trinajstić information content (AvgIpc) is 3.38. The zero-order valence-electron chi connectivity index (χ0n) is 17.7. The molecule has 2 heterocycles. The zero-order valence-corrected chi connectivity index (χ0v) is 17.7. The molecule has 0 spiro atoms. The molecule has 1 aromatic heterocycles. The van der Waals surface area contributed by atoms with E-state index in [4.69, 9.17) is 28.1 Å². The minimum Gasteiger partial charge on any atom is -0.496 e. The van der Waals surface area contributed by atoms with Gasteiger partial charge in [0, 0.05) is 11.1 Å². The van der Waals surface area contributed by atoms with E-state index in [1.54, 1.807) is 43.7 Å². The Balaban J connectivity index is 1.80. The molecule has 0 radical (unpaired) electrons. The summed E-state index contributed by atoms with van der Waals surface area (Å²) in [4.78, 5) is 13.6. The second-order valence-corrected chi connectivity index (χ2v) is 6.95. The fraction of sp³-hybridized carbons (Fsp3) is 0.292. The van der Waals surface area contributed by atoms with E-state index >= 15 is 0 Å². The zero-order chi connectivity index (χ0) is 21.8. The Bertz CT molecular complexity index is 1050. The molecule has 1 fully saturated rings. The van der Waals surface area contributed by atoms with Crippen molar-refractivity contribution >= 4 is 5.78 Å². The summed E-state index contributed by atoms with van der Waals surface area (Å²) in [7, 11) is 4.60. The predicted molar refractivity (Wildman–Crippen MR) is 113 cm³/mol. The maximum atomic E-state index is 13.6. The second kappa shape index (κ2) is 9.24. The van der Waals surface area contributed by atoms with Crippen LogP contribution in [-0.4, -0.2) is 40.3 Å². The van der Waals surface area contributed by atoms with E-state index in [1.165, 1.54) is 14.2 Å². The molecule has 7 heteroatoms. The van der Waals surface area contributed by atoms with E-state index in [9.17, 15) is 4.79 Å². The molecule has 3 aromatic rings. The minimum atomic E-state index is -0.637. The van der Waals surface area contributed by atoms with E-state index in [0.717, 1.165) is 12.0 Å². The molecule has 2 aromatic carbocycles. The summed E-state index contributed by atoms with van der Waals surface area (Å²) >= 11 is 0. The average molecular weight is 424 g/mol. The topological polar surface area (TPSA) is 76.4 Å². The molecular formula is C24H24O7. The number of ketones is 1. The van der Waals surface area contributed by atoms with Gasteiger partial charge in [0.15, 0.2) is 23.6 Å². The van der Waals surface area contributed by atoms with Crippen molar-refractivity contribution in [2.75, 3.05) is 34.5 Å². The van der Waals surface area contributed by atoms with Gasteiger partial charge in [0.1, 0.15) is 11.5 Å². The number of hydrogen-bond acceptors (Lipinski definition) is 7. The van der Waals surface area contributed by atoms with Crippen molar-refractivity contribution in [1.29, 1.82) is 0 Å². The van der Waals surface area contributed by atoms with Crippen LogP contribution in [0.4, 0.5) is 0 Å². The number of benzene rings is 2. The van der Waals surface area contributed by atoms with Gasteiger partial charge >= 0.3 is 0 Å². The van der Waals surface area contributed by atoms with Gasteiger partial charge in [-0.25, -0.2) is 0 Å². The highest BCUT2D eigenvalue weighted by Gasteiger charge is 2.27. The van der Waals surface area contributed by atoms with Crippen molar-refractivity contribution in [2.24, 2.45) is 0 Å². The van der Waals surface area contributed by atoms with Gasteiger partial charge in [-0.05, 0) is 48.9 Å². The molecule has 7 nitrogen and oxygen atoms in total. The third kappa shape index (κ3) is 4.15. The summed E-state index contributed by atoms with van der Waals surface area (Å²) in [6.07, 6.45) is 1.76. The van der Waals surface area contributed by atoms with E-state index in [1.807, 2.05) is 12.1 Å². The molecular weight excluding hydrogens is 400 g/mol. The summed E-state index contributed by atoms with van der Waals surface area (Å²) in [5.41, 5.74) is 2.18. The highest BCUT2D eigenvalue weighted by atomic mass is 16.7. The van der Waals surface area contributed by atoms with Gasteiger partial charge in [0.05, 0.1) is 51.9 Å². The summed E-state index contributed by atoms with van der Waals surface area (Å²) < 4.78 is 33.5. The number of carbonyl (C=O) groups excluding carboxylic acids is 1. The largest absolute Gasteiger partial charge is 0.496 e. The molecule has 0 unspecified atom stereocenters. The lowest BCUT2D eigenvalue weighted by atomic mass is 9.97. The number of methoxy groups -OCH3 is 3. The normalized spacial score (nSPS) is 14.3. The first-order valence-electron chi connectivity index (χ1n) is 9.92. The van der Waals surface area contributed by atoms with Crippen LogP contribution in [0.15, 0.2) is 53.1 Å². The number of furan rings is 1. The fourth-order valence-electron chi connectivity index (χ4n) is 3.60. The Kier molecular flexibility index (Phi) is 6.25. The van der Waals surface area contributed by atoms with Crippen LogP contribution in [0, 0.1) is 0 Å². The van der Waals surface area contributed by atoms with Crippen molar-refractivity contribution in [3.63, 3.8) is 0 Å². The fourth-order valence-corrected chi connectivity index (χ4v) is 3.60. The predicted octanol–water partition coefficient (Wildman–Crippen LogP) is 4.64. The van der Waals surface area contributed by atoms with Gasteiger partial charge in [-0.15, -0.1) is 0 Å². The molecule has 0 atom stereocenters. The molecule has 1 aliphatic rings. The lowest BCUT2D eigenvalue weighted by Gasteiger charge is -2.26. The van der Waals surface area contributed by atoms with Gasteiger partial charge in [-0.3, -0.25) is 4.79 Å². The van der Waals surface area contributed by atoms with Gasteiger partial charge in [0.25, 0.3) is 0 Å². The summed E-state index contributed by atoms with van der Waals surface area (Å²) in [6.45, 7) is 1.13. The maximum absolute atomic E-state index is 13.6. The summed E-state index contributed by atoms with van der Waals surface area (Å²) in [6, 6.07) is 12.3. The Morgan fingerprint density at radius 2 is 1.71 bits per heavy atom. The molecule has 0 amide bonds. The first kappa shape index (κ1) is 21.0. The molecule has 0 aliphatic carbocycles. The smallest absolute Gasteiger partial charge is 0.196 e. The van der Waals surface area contributed by atoms with Crippen LogP contribution in [0.25, 0.3) is 11.3 Å². The second-order valence-electron chi connectivity index (χ2n) is 6.95. The lowest BCUT2D eigenvalue weighted by molar-refractivity contribution is -0.183. The van der Waals surface area contributed by atoms with Crippen molar-refractivity contribution in [2.45, 2.75) is 12.7 Å². The molecule has 0 bridgehead atoms. The lowest BCUT2D eigenvalue weighted by Crippen LogP contribution is -2.19. The first-order valence-corrected chi connectivity index (χ1v) is 9.92.